The molecule has 2 N–H and O–H groups in total. The third-order valence-electron chi connectivity index (χ3n) is 1.86. The van der Waals surface area contributed by atoms with E-state index < -0.39 is 10.0 Å². The zero-order valence-corrected chi connectivity index (χ0v) is 8.93. The molecular formula is C9H13NO3S. The van der Waals surface area contributed by atoms with Gasteiger partial charge in [-0.05, 0) is 18.6 Å². The van der Waals surface area contributed by atoms with Gasteiger partial charge in [0.2, 0.25) is 10.0 Å². The first-order valence-corrected chi connectivity index (χ1v) is 6.00. The zero-order valence-electron chi connectivity index (χ0n) is 8.11. The number of anilines is 1. The zero-order chi connectivity index (χ0) is 10.8. The summed E-state index contributed by atoms with van der Waals surface area (Å²) in [6.45, 7) is 1.64. The van der Waals surface area contributed by atoms with Crippen LogP contribution in [0.2, 0.25) is 0 Å². The molecule has 0 amide bonds. The Kier molecular flexibility index (Phi) is 3.13. The Bertz CT molecular complexity index is 426. The molecule has 1 aromatic rings. The first-order chi connectivity index (χ1) is 6.44. The highest BCUT2D eigenvalue weighted by atomic mass is 32.2. The molecule has 1 aromatic carbocycles. The van der Waals surface area contributed by atoms with Crippen LogP contribution in [-0.4, -0.2) is 19.8 Å². The Morgan fingerprint density at radius 1 is 1.43 bits per heavy atom. The van der Waals surface area contributed by atoms with Gasteiger partial charge in [-0.2, -0.15) is 0 Å². The number of aryl methyl sites for hydroxylation is 1. The third kappa shape index (κ3) is 2.71. The van der Waals surface area contributed by atoms with Gasteiger partial charge in [0.15, 0.2) is 0 Å². The van der Waals surface area contributed by atoms with Gasteiger partial charge >= 0.3 is 0 Å². The number of hydrogen-bond donors (Lipinski definition) is 2. The Balaban J connectivity index is 3.15. The number of nitrogens with one attached hydrogen (secondary N) is 1. The van der Waals surface area contributed by atoms with Crippen LogP contribution in [0.4, 0.5) is 5.69 Å². The first-order valence-electron chi connectivity index (χ1n) is 4.11. The number of benzene rings is 1. The summed E-state index contributed by atoms with van der Waals surface area (Å²) in [6, 6.07) is 5.18. The highest BCUT2D eigenvalue weighted by Crippen LogP contribution is 2.20. The van der Waals surface area contributed by atoms with Crippen LogP contribution in [0.25, 0.3) is 0 Å². The summed E-state index contributed by atoms with van der Waals surface area (Å²) in [4.78, 5) is 0. The van der Waals surface area contributed by atoms with E-state index in [1.54, 1.807) is 12.1 Å². The van der Waals surface area contributed by atoms with E-state index in [0.29, 0.717) is 11.3 Å². The van der Waals surface area contributed by atoms with E-state index >= 15 is 0 Å². The molecule has 14 heavy (non-hydrogen) atoms. The summed E-state index contributed by atoms with van der Waals surface area (Å²) in [5.41, 5.74) is 1.91. The molecule has 0 radical (unpaired) electrons. The van der Waals surface area contributed by atoms with Crippen molar-refractivity contribution in [3.8, 4) is 0 Å². The molecule has 0 atom stereocenters. The number of aliphatic hydroxyl groups is 1. The van der Waals surface area contributed by atoms with Gasteiger partial charge in [0, 0.05) is 5.56 Å². The van der Waals surface area contributed by atoms with E-state index in [4.69, 9.17) is 5.11 Å². The fraction of sp³-hybridized carbons (Fsp3) is 0.333. The van der Waals surface area contributed by atoms with E-state index in [1.165, 1.54) is 0 Å². The summed E-state index contributed by atoms with van der Waals surface area (Å²) in [5, 5.41) is 9.06. The van der Waals surface area contributed by atoms with Gasteiger partial charge in [0.1, 0.15) is 0 Å². The second-order valence-corrected chi connectivity index (χ2v) is 4.88. The van der Waals surface area contributed by atoms with E-state index in [9.17, 15) is 8.42 Å². The van der Waals surface area contributed by atoms with Gasteiger partial charge in [-0.3, -0.25) is 4.72 Å². The van der Waals surface area contributed by atoms with Gasteiger partial charge in [0.25, 0.3) is 0 Å². The molecule has 4 nitrogen and oxygen atoms in total. The lowest BCUT2D eigenvalue weighted by Gasteiger charge is -2.10. The highest BCUT2D eigenvalue weighted by molar-refractivity contribution is 7.92. The van der Waals surface area contributed by atoms with Crippen molar-refractivity contribution in [2.45, 2.75) is 13.5 Å². The fourth-order valence-electron chi connectivity index (χ4n) is 1.21. The van der Waals surface area contributed by atoms with Crippen LogP contribution in [0.15, 0.2) is 18.2 Å². The minimum Gasteiger partial charge on any atom is -0.392 e. The van der Waals surface area contributed by atoms with Gasteiger partial charge in [-0.1, -0.05) is 12.1 Å². The van der Waals surface area contributed by atoms with Crippen LogP contribution in [0.1, 0.15) is 11.1 Å². The van der Waals surface area contributed by atoms with E-state index in [1.807, 2.05) is 13.0 Å². The van der Waals surface area contributed by atoms with Crippen molar-refractivity contribution >= 4 is 15.7 Å². The minimum absolute atomic E-state index is 0.176. The lowest BCUT2D eigenvalue weighted by atomic mass is 10.1. The second-order valence-electron chi connectivity index (χ2n) is 3.13. The van der Waals surface area contributed by atoms with Crippen molar-refractivity contribution in [2.75, 3.05) is 11.0 Å². The van der Waals surface area contributed by atoms with Crippen molar-refractivity contribution in [2.24, 2.45) is 0 Å². The quantitative estimate of drug-likeness (QED) is 0.785. The molecule has 0 aliphatic heterocycles. The van der Waals surface area contributed by atoms with Gasteiger partial charge in [-0.15, -0.1) is 0 Å². The average molecular weight is 215 g/mol. The Morgan fingerprint density at radius 2 is 2.07 bits per heavy atom. The molecule has 5 heteroatoms. The average Bonchev–Trinajstić information content (AvgIpc) is 2.01. The van der Waals surface area contributed by atoms with Crippen LogP contribution in [0.3, 0.4) is 0 Å². The van der Waals surface area contributed by atoms with Crippen LogP contribution in [0, 0.1) is 6.92 Å². The Hall–Kier alpha value is -1.07. The van der Waals surface area contributed by atoms with Gasteiger partial charge in [0.05, 0.1) is 18.6 Å². The van der Waals surface area contributed by atoms with E-state index in [2.05, 4.69) is 4.72 Å². The van der Waals surface area contributed by atoms with E-state index in [0.717, 1.165) is 11.8 Å². The first kappa shape index (κ1) is 11.0. The fourth-order valence-corrected chi connectivity index (χ4v) is 1.80. The Morgan fingerprint density at radius 3 is 2.57 bits per heavy atom. The molecule has 0 unspecified atom stereocenters. The molecule has 0 aromatic heterocycles. The number of sulfonamides is 1. The summed E-state index contributed by atoms with van der Waals surface area (Å²) >= 11 is 0. The van der Waals surface area contributed by atoms with Crippen molar-refractivity contribution < 1.29 is 13.5 Å². The molecule has 0 fully saturated rings. The molecule has 0 saturated carbocycles. The molecule has 78 valence electrons. The number of hydrogen-bond acceptors (Lipinski definition) is 3. The maximum atomic E-state index is 11.0. The minimum atomic E-state index is -3.29. The molecule has 0 heterocycles. The Labute approximate surface area is 83.6 Å². The summed E-state index contributed by atoms with van der Waals surface area (Å²) in [7, 11) is -3.29. The summed E-state index contributed by atoms with van der Waals surface area (Å²) in [5.74, 6) is 0. The van der Waals surface area contributed by atoms with Crippen molar-refractivity contribution in [3.05, 3.63) is 29.3 Å². The van der Waals surface area contributed by atoms with Crippen LogP contribution in [0.5, 0.6) is 0 Å². The van der Waals surface area contributed by atoms with Crippen LogP contribution >= 0.6 is 0 Å². The van der Waals surface area contributed by atoms with Crippen LogP contribution < -0.4 is 4.72 Å². The maximum Gasteiger partial charge on any atom is 0.229 e. The van der Waals surface area contributed by atoms with Gasteiger partial charge < -0.3 is 5.11 Å². The SMILES string of the molecule is Cc1cccc(NS(C)(=O)=O)c1CO. The predicted molar refractivity (Wildman–Crippen MR) is 55.6 cm³/mol. The predicted octanol–water partition coefficient (Wildman–Crippen LogP) is 0.859. The number of rotatable bonds is 3. The number of aliphatic hydroxyl groups excluding tert-OH is 1. The standard InChI is InChI=1S/C9H13NO3S/c1-7-4-3-5-9(8(7)6-11)10-14(2,12)13/h3-5,10-11H,6H2,1-2H3. The monoisotopic (exact) mass is 215 g/mol. The van der Waals surface area contributed by atoms with Crippen molar-refractivity contribution in [3.63, 3.8) is 0 Å². The topological polar surface area (TPSA) is 66.4 Å². The van der Waals surface area contributed by atoms with Crippen molar-refractivity contribution in [1.29, 1.82) is 0 Å². The van der Waals surface area contributed by atoms with Crippen molar-refractivity contribution in [1.82, 2.24) is 0 Å². The highest BCUT2D eigenvalue weighted by Gasteiger charge is 2.08. The maximum absolute atomic E-state index is 11.0. The normalized spacial score (nSPS) is 11.4. The molecule has 0 aliphatic carbocycles. The molecule has 0 bridgehead atoms. The smallest absolute Gasteiger partial charge is 0.229 e. The van der Waals surface area contributed by atoms with E-state index in [-0.39, 0.29) is 6.61 Å². The third-order valence-corrected chi connectivity index (χ3v) is 2.45. The molecule has 1 rings (SSSR count). The van der Waals surface area contributed by atoms with Gasteiger partial charge in [-0.25, -0.2) is 8.42 Å². The lowest BCUT2D eigenvalue weighted by Crippen LogP contribution is -2.11. The second kappa shape index (κ2) is 3.98. The summed E-state index contributed by atoms with van der Waals surface area (Å²) < 4.78 is 24.3. The largest absolute Gasteiger partial charge is 0.392 e. The molecule has 0 saturated heterocycles. The van der Waals surface area contributed by atoms with Crippen LogP contribution in [-0.2, 0) is 16.6 Å². The molecular weight excluding hydrogens is 202 g/mol. The lowest BCUT2D eigenvalue weighted by molar-refractivity contribution is 0.282. The summed E-state index contributed by atoms with van der Waals surface area (Å²) in [6.07, 6.45) is 1.08. The molecule has 0 aliphatic rings. The molecule has 0 spiro atoms.